The molecule has 0 spiro atoms. The number of rotatable bonds is 3. The zero-order valence-corrected chi connectivity index (χ0v) is 10.8. The minimum Gasteiger partial charge on any atom is -0.399 e. The Balaban J connectivity index is 1.71. The Bertz CT molecular complexity index is 605. The third-order valence-electron chi connectivity index (χ3n) is 3.61. The van der Waals surface area contributed by atoms with Crippen LogP contribution in [-0.4, -0.2) is 4.98 Å². The van der Waals surface area contributed by atoms with E-state index in [0.717, 1.165) is 30.0 Å². The molecular formula is C16H17N3. The molecule has 1 unspecified atom stereocenters. The number of nitrogen functional groups attached to an aromatic ring is 1. The predicted molar refractivity (Wildman–Crippen MR) is 78.8 cm³/mol. The molecule has 3 nitrogen and oxygen atoms in total. The van der Waals surface area contributed by atoms with Crippen molar-refractivity contribution < 1.29 is 0 Å². The maximum absolute atomic E-state index is 5.83. The van der Waals surface area contributed by atoms with Gasteiger partial charge in [0.1, 0.15) is 5.82 Å². The smallest absolute Gasteiger partial charge is 0.130 e. The van der Waals surface area contributed by atoms with E-state index in [9.17, 15) is 0 Å². The summed E-state index contributed by atoms with van der Waals surface area (Å²) >= 11 is 0. The molecule has 1 atom stereocenters. The fourth-order valence-electron chi connectivity index (χ4n) is 2.59. The van der Waals surface area contributed by atoms with Crippen LogP contribution in [0.5, 0.6) is 0 Å². The van der Waals surface area contributed by atoms with Gasteiger partial charge in [-0.15, -0.1) is 0 Å². The molecular weight excluding hydrogens is 234 g/mol. The van der Waals surface area contributed by atoms with Gasteiger partial charge in [-0.05, 0) is 48.2 Å². The first kappa shape index (κ1) is 11.8. The summed E-state index contributed by atoms with van der Waals surface area (Å²) in [6.45, 7) is 4.16. The van der Waals surface area contributed by atoms with Gasteiger partial charge in [-0.3, -0.25) is 0 Å². The largest absolute Gasteiger partial charge is 0.399 e. The van der Waals surface area contributed by atoms with Crippen molar-refractivity contribution in [1.29, 1.82) is 0 Å². The van der Waals surface area contributed by atoms with Crippen LogP contribution in [0.3, 0.4) is 0 Å². The lowest BCUT2D eigenvalue weighted by atomic mass is 10.0. The Labute approximate surface area is 113 Å². The van der Waals surface area contributed by atoms with E-state index in [1.165, 1.54) is 11.1 Å². The van der Waals surface area contributed by atoms with Crippen molar-refractivity contribution in [2.75, 3.05) is 11.1 Å². The zero-order chi connectivity index (χ0) is 13.2. The molecule has 0 radical (unpaired) electrons. The highest BCUT2D eigenvalue weighted by Gasteiger charge is 2.23. The first-order chi connectivity index (χ1) is 9.22. The Kier molecular flexibility index (Phi) is 2.95. The first-order valence-corrected chi connectivity index (χ1v) is 6.46. The number of benzene rings is 1. The van der Waals surface area contributed by atoms with Crippen LogP contribution in [0.1, 0.15) is 11.1 Å². The highest BCUT2D eigenvalue weighted by molar-refractivity contribution is 5.49. The van der Waals surface area contributed by atoms with Crippen molar-refractivity contribution in [2.45, 2.75) is 12.8 Å². The predicted octanol–water partition coefficient (Wildman–Crippen LogP) is 3.00. The summed E-state index contributed by atoms with van der Waals surface area (Å²) in [6, 6.07) is 12.0. The van der Waals surface area contributed by atoms with Gasteiger partial charge in [0.05, 0.1) is 0 Å². The lowest BCUT2D eigenvalue weighted by molar-refractivity contribution is 0.664. The number of aromatic nitrogens is 1. The third-order valence-corrected chi connectivity index (χ3v) is 3.61. The monoisotopic (exact) mass is 251 g/mol. The van der Waals surface area contributed by atoms with Gasteiger partial charge >= 0.3 is 0 Å². The second-order valence-electron chi connectivity index (χ2n) is 5.00. The molecule has 2 aromatic rings. The quantitative estimate of drug-likeness (QED) is 0.824. The van der Waals surface area contributed by atoms with Crippen molar-refractivity contribution in [1.82, 2.24) is 4.98 Å². The molecule has 0 aliphatic heterocycles. The fraction of sp³-hybridized carbons (Fsp3) is 0.188. The topological polar surface area (TPSA) is 50.9 Å². The summed E-state index contributed by atoms with van der Waals surface area (Å²) in [5, 5.41) is 3.30. The van der Waals surface area contributed by atoms with Gasteiger partial charge < -0.3 is 11.1 Å². The van der Waals surface area contributed by atoms with E-state index in [1.807, 2.05) is 24.3 Å². The molecule has 0 saturated heterocycles. The highest BCUT2D eigenvalue weighted by Crippen LogP contribution is 2.32. The first-order valence-electron chi connectivity index (χ1n) is 6.46. The van der Waals surface area contributed by atoms with Crippen molar-refractivity contribution >= 4 is 11.5 Å². The molecule has 1 aliphatic rings. The van der Waals surface area contributed by atoms with E-state index in [0.29, 0.717) is 5.92 Å². The van der Waals surface area contributed by atoms with Crippen LogP contribution in [0.25, 0.3) is 0 Å². The number of hydrogen-bond donors (Lipinski definition) is 2. The average Bonchev–Trinajstić information content (AvgIpc) is 2.83. The van der Waals surface area contributed by atoms with Crippen molar-refractivity contribution in [3.63, 3.8) is 0 Å². The van der Waals surface area contributed by atoms with E-state index in [2.05, 4.69) is 29.0 Å². The molecule has 3 N–H and O–H groups in total. The molecule has 1 heterocycles. The second-order valence-corrected chi connectivity index (χ2v) is 5.00. The van der Waals surface area contributed by atoms with Crippen LogP contribution in [-0.2, 0) is 12.8 Å². The van der Waals surface area contributed by atoms with Crippen molar-refractivity contribution in [3.05, 3.63) is 66.0 Å². The van der Waals surface area contributed by atoms with E-state index in [-0.39, 0.29) is 0 Å². The van der Waals surface area contributed by atoms with Gasteiger partial charge in [0.15, 0.2) is 0 Å². The van der Waals surface area contributed by atoms with Gasteiger partial charge in [-0.1, -0.05) is 18.7 Å². The van der Waals surface area contributed by atoms with E-state index in [1.54, 1.807) is 6.20 Å². The number of hydrogen-bond acceptors (Lipinski definition) is 3. The molecule has 0 fully saturated rings. The molecule has 1 aliphatic carbocycles. The van der Waals surface area contributed by atoms with Crippen LogP contribution in [0.2, 0.25) is 0 Å². The molecule has 0 amide bonds. The number of nitrogens with one attached hydrogen (secondary N) is 1. The molecule has 3 rings (SSSR count). The molecule has 1 aromatic carbocycles. The number of allylic oxidation sites excluding steroid dienone is 1. The van der Waals surface area contributed by atoms with Gasteiger partial charge in [0.2, 0.25) is 0 Å². The van der Waals surface area contributed by atoms with Crippen LogP contribution in [0.4, 0.5) is 11.5 Å². The molecule has 3 heteroatoms. The number of fused-ring (bicyclic) bond motifs is 1. The molecule has 0 saturated carbocycles. The summed E-state index contributed by atoms with van der Waals surface area (Å²) in [5.74, 6) is 1.27. The van der Waals surface area contributed by atoms with Gasteiger partial charge in [-0.25, -0.2) is 4.98 Å². The standard InChI is InChI=1S/C16H17N3/c1-11(19-16-4-2-3-7-18-16)13-8-12-5-6-15(17)10-14(12)9-13/h2-7,10,13H,1,8-9,17H2,(H,18,19). The van der Waals surface area contributed by atoms with Gasteiger partial charge in [-0.2, -0.15) is 0 Å². The van der Waals surface area contributed by atoms with E-state index in [4.69, 9.17) is 5.73 Å². The minimum absolute atomic E-state index is 0.416. The Morgan fingerprint density at radius 1 is 1.21 bits per heavy atom. The second kappa shape index (κ2) is 4.76. The molecule has 19 heavy (non-hydrogen) atoms. The number of pyridine rings is 1. The van der Waals surface area contributed by atoms with Crippen LogP contribution in [0, 0.1) is 5.92 Å². The Morgan fingerprint density at radius 3 is 2.84 bits per heavy atom. The summed E-state index contributed by atoms with van der Waals surface area (Å²) in [4.78, 5) is 4.26. The lowest BCUT2D eigenvalue weighted by Crippen LogP contribution is -2.11. The highest BCUT2D eigenvalue weighted by atomic mass is 15.0. The van der Waals surface area contributed by atoms with Gasteiger partial charge in [0.25, 0.3) is 0 Å². The van der Waals surface area contributed by atoms with Gasteiger partial charge in [0, 0.05) is 23.5 Å². The molecule has 1 aromatic heterocycles. The maximum atomic E-state index is 5.83. The minimum atomic E-state index is 0.416. The van der Waals surface area contributed by atoms with Crippen LogP contribution in [0.15, 0.2) is 54.9 Å². The van der Waals surface area contributed by atoms with Crippen molar-refractivity contribution in [2.24, 2.45) is 5.92 Å². The summed E-state index contributed by atoms with van der Waals surface area (Å²) in [7, 11) is 0. The number of anilines is 2. The summed E-state index contributed by atoms with van der Waals surface area (Å²) in [5.41, 5.74) is 10.4. The molecule has 96 valence electrons. The molecule has 0 bridgehead atoms. The SMILES string of the molecule is C=C(Nc1ccccn1)C1Cc2ccc(N)cc2C1. The number of nitrogens with zero attached hydrogens (tertiary/aromatic N) is 1. The van der Waals surface area contributed by atoms with E-state index >= 15 is 0 Å². The Hall–Kier alpha value is -2.29. The average molecular weight is 251 g/mol. The maximum Gasteiger partial charge on any atom is 0.130 e. The third kappa shape index (κ3) is 2.45. The van der Waals surface area contributed by atoms with Crippen LogP contribution < -0.4 is 11.1 Å². The summed E-state index contributed by atoms with van der Waals surface area (Å²) in [6.07, 6.45) is 3.80. The lowest BCUT2D eigenvalue weighted by Gasteiger charge is -2.14. The Morgan fingerprint density at radius 2 is 2.05 bits per heavy atom. The van der Waals surface area contributed by atoms with Crippen LogP contribution >= 0.6 is 0 Å². The normalized spacial score (nSPS) is 16.9. The van der Waals surface area contributed by atoms with E-state index < -0.39 is 0 Å². The fourth-order valence-corrected chi connectivity index (χ4v) is 2.59. The number of nitrogens with two attached hydrogens (primary N) is 1. The zero-order valence-electron chi connectivity index (χ0n) is 10.8. The van der Waals surface area contributed by atoms with Crippen molar-refractivity contribution in [3.8, 4) is 0 Å². The summed E-state index contributed by atoms with van der Waals surface area (Å²) < 4.78 is 0.